The lowest BCUT2D eigenvalue weighted by Gasteiger charge is -2.23. The molecule has 4 aromatic heterocycles. The minimum Gasteiger partial charge on any atom is -0.508 e. The van der Waals surface area contributed by atoms with Gasteiger partial charge in [-0.3, -0.25) is 9.43 Å². The topological polar surface area (TPSA) is 402 Å². The lowest BCUT2D eigenvalue weighted by atomic mass is 10.1. The Labute approximate surface area is 741 Å². The summed E-state index contributed by atoms with van der Waals surface area (Å²) in [6.45, 7) is 4.76. The third-order valence-corrected chi connectivity index (χ3v) is 24.7. The van der Waals surface area contributed by atoms with E-state index >= 15 is 0 Å². The fourth-order valence-electron chi connectivity index (χ4n) is 11.0. The molecule has 48 heteroatoms. The molecule has 0 aliphatic rings. The molecular formula is C80H70F11N15O15S7. The fourth-order valence-corrected chi connectivity index (χ4v) is 17.5. The summed E-state index contributed by atoms with van der Waals surface area (Å²) in [5, 5.41) is 41.2. The molecule has 13 rings (SSSR count). The maximum atomic E-state index is 13.9. The first-order valence-corrected chi connectivity index (χ1v) is 43.0. The molecule has 674 valence electrons. The number of phenols is 1. The summed E-state index contributed by atoms with van der Waals surface area (Å²) in [5.74, 6) is 1.91. The number of phenolic OH excluding ortho intramolecular Hbond substituents is 1. The normalized spacial score (nSPS) is 11.2. The van der Waals surface area contributed by atoms with E-state index in [1.54, 1.807) is 62.8 Å². The van der Waals surface area contributed by atoms with Crippen LogP contribution in [0.4, 0.5) is 69.1 Å². The summed E-state index contributed by atoms with van der Waals surface area (Å²) in [6, 6.07) is 40.2. The number of halogens is 11. The molecule has 0 saturated carbocycles. The Morgan fingerprint density at radius 1 is 0.422 bits per heavy atom. The van der Waals surface area contributed by atoms with Gasteiger partial charge in [0.1, 0.15) is 117 Å². The van der Waals surface area contributed by atoms with E-state index in [9.17, 15) is 79.7 Å². The maximum Gasteiger partial charge on any atom is 0.416 e. The third kappa shape index (κ3) is 26.6. The molecule has 30 nitrogen and oxygen atoms in total. The van der Waals surface area contributed by atoms with Gasteiger partial charge in [0, 0.05) is 89.0 Å². The SMILES string of the molecule is COc1ccc(CN(c2ncns2)S(=O)(=O)c2ccc(F)c(C#N)c2)c(OC)c1.COc1ccc(CN(c2ncns2)S(=O)(=O)c2ccc(Oc3cc(C)cc(C(F)(F)F)c3)cc2C#N)c(OC)c1.COc1ccc(CNc2ncns2)c(OC)c1.Cc1cc(O)cc(C(F)(F)F)c1.Cc1cc(Oc2ccc(S(=O)(=O)Nc3ncns3)cc2C#N)cc(C(F)(F)F)c1.F.[HH]. The van der Waals surface area contributed by atoms with Gasteiger partial charge < -0.3 is 48.3 Å². The summed E-state index contributed by atoms with van der Waals surface area (Å²) in [7, 11) is -3.45. The number of sulfonamides is 3. The molecule has 0 aliphatic heterocycles. The number of methoxy groups -OCH3 is 6. The van der Waals surface area contributed by atoms with Crippen molar-refractivity contribution in [3.8, 4) is 81.5 Å². The van der Waals surface area contributed by atoms with Gasteiger partial charge >= 0.3 is 18.5 Å². The molecule has 0 atom stereocenters. The minimum atomic E-state index is -4.58. The Hall–Kier alpha value is -13.8. The average Bonchev–Trinajstić information content (AvgIpc) is 1.77. The maximum absolute atomic E-state index is 13.9. The van der Waals surface area contributed by atoms with Crippen molar-refractivity contribution in [3.63, 3.8) is 0 Å². The summed E-state index contributed by atoms with van der Waals surface area (Å²) in [6.07, 6.45) is -8.39. The Balaban J connectivity index is 0.000000231. The van der Waals surface area contributed by atoms with E-state index in [-0.39, 0.29) is 94.7 Å². The van der Waals surface area contributed by atoms with E-state index in [1.165, 1.54) is 122 Å². The van der Waals surface area contributed by atoms with Crippen molar-refractivity contribution in [1.29, 1.82) is 15.8 Å². The second-order valence-electron chi connectivity index (χ2n) is 25.6. The van der Waals surface area contributed by atoms with Crippen molar-refractivity contribution in [2.45, 2.75) is 73.6 Å². The molecule has 128 heavy (non-hydrogen) atoms. The van der Waals surface area contributed by atoms with Crippen molar-refractivity contribution >= 4 is 96.7 Å². The lowest BCUT2D eigenvalue weighted by molar-refractivity contribution is -0.138. The number of benzene rings is 9. The standard InChI is InChI=1S/C26H21F3N4O5S2.C18H15FN4O4S2.C17H11F3N4O3S2.C11H13N3O2S.C8H7F3O.FH.H2/c1-16-8-19(26(27,28)29)11-22(9-16)38-21-6-7-24(18(10-21)13-30)40(34,35)33(25-31-15-32-39-25)14-17-4-5-20(36-2)12-23(17)37-3;1-26-14-4-3-12(17(8-14)27-2)10-23(18-21-11-22-28-18)29(24,25)15-5-6-16(19)13(7-15)9-20;1-10-4-12(17(18,19)20)7-13(5-10)27-15-3-2-14(6-11(15)8-21)29(25,26)24-16-22-9-23-28-16;1-15-9-4-3-8(10(5-9)16-2)6-12-11-13-7-14-17-11;1-5-2-6(8(9,10)11)4-7(12)3-5;;/h4-12,15H,14H2,1-3H3;3-8,11H,10H2,1-2H3;2-7,9H,1H3,(H,22,23,24);3-5,7H,6H2,1-2H3,(H,12,13,14);2-4,12H,1H3;2*1H. The number of aromatic nitrogens is 8. The molecule has 0 spiro atoms. The van der Waals surface area contributed by atoms with Gasteiger partial charge in [0.2, 0.25) is 20.5 Å². The smallest absolute Gasteiger partial charge is 0.416 e. The molecule has 9 aromatic carbocycles. The largest absolute Gasteiger partial charge is 0.508 e. The molecule has 3 N–H and O–H groups in total. The molecule has 0 fully saturated rings. The first-order valence-electron chi connectivity index (χ1n) is 35.6. The summed E-state index contributed by atoms with van der Waals surface area (Å²) in [4.78, 5) is 15.0. The second kappa shape index (κ2) is 43.9. The van der Waals surface area contributed by atoms with Gasteiger partial charge in [-0.1, -0.05) is 0 Å². The molecule has 0 bridgehead atoms. The number of nitrogens with one attached hydrogen (secondary N) is 2. The van der Waals surface area contributed by atoms with Crippen LogP contribution >= 0.6 is 46.1 Å². The Morgan fingerprint density at radius 2 is 0.844 bits per heavy atom. The highest BCUT2D eigenvalue weighted by molar-refractivity contribution is 7.93. The Bertz CT molecular complexity index is 6460. The van der Waals surface area contributed by atoms with E-state index in [0.717, 1.165) is 132 Å². The van der Waals surface area contributed by atoms with Gasteiger partial charge in [0.25, 0.3) is 30.1 Å². The highest BCUT2D eigenvalue weighted by atomic mass is 32.2. The molecule has 0 radical (unpaired) electrons. The molecule has 0 aliphatic carbocycles. The van der Waals surface area contributed by atoms with Crippen LogP contribution in [0.1, 0.15) is 68.2 Å². The molecule has 0 unspecified atom stereocenters. The minimum absolute atomic E-state index is 0. The zero-order valence-electron chi connectivity index (χ0n) is 67.5. The highest BCUT2D eigenvalue weighted by Gasteiger charge is 2.36. The second-order valence-corrected chi connectivity index (χ2v) is 34.0. The number of nitrogens with zero attached hydrogens (tertiary/aromatic N) is 13. The van der Waals surface area contributed by atoms with Crippen molar-refractivity contribution in [3.05, 3.63) is 262 Å². The van der Waals surface area contributed by atoms with Crippen molar-refractivity contribution in [1.82, 2.24) is 37.4 Å². The van der Waals surface area contributed by atoms with Gasteiger partial charge in [-0.15, -0.1) is 0 Å². The zero-order chi connectivity index (χ0) is 92.8. The van der Waals surface area contributed by atoms with Crippen molar-refractivity contribution in [2.24, 2.45) is 0 Å². The molecule has 13 aromatic rings. The monoisotopic (exact) mass is 1910 g/mol. The van der Waals surface area contributed by atoms with Crippen LogP contribution < -0.4 is 56.5 Å². The number of nitriles is 3. The fraction of sp³-hybridized carbons (Fsp3) is 0.188. The van der Waals surface area contributed by atoms with Crippen LogP contribution in [0.25, 0.3) is 0 Å². The third-order valence-electron chi connectivity index (χ3n) is 16.9. The summed E-state index contributed by atoms with van der Waals surface area (Å²) >= 11 is 3.88. The summed E-state index contributed by atoms with van der Waals surface area (Å²) < 4.78 is 270. The van der Waals surface area contributed by atoms with Gasteiger partial charge in [0.05, 0.1) is 98.9 Å². The van der Waals surface area contributed by atoms with E-state index in [2.05, 4.69) is 47.5 Å². The predicted octanol–water partition coefficient (Wildman–Crippen LogP) is 18.5. The first kappa shape index (κ1) is 99.6. The average molecular weight is 1910 g/mol. The van der Waals surface area contributed by atoms with E-state index in [4.69, 9.17) is 48.3 Å². The highest BCUT2D eigenvalue weighted by Crippen LogP contribution is 2.41. The number of alkyl halides is 9. The number of aromatic hydroxyl groups is 1. The number of rotatable bonds is 26. The molecule has 4 heterocycles. The molecular weight excluding hydrogens is 1840 g/mol. The van der Waals surface area contributed by atoms with E-state index < -0.39 is 71.1 Å². The number of anilines is 4. The van der Waals surface area contributed by atoms with Gasteiger partial charge in [-0.05, 0) is 183 Å². The number of hydrogen-bond acceptors (Lipinski definition) is 31. The van der Waals surface area contributed by atoms with Crippen LogP contribution in [0.15, 0.2) is 204 Å². The quantitative estimate of drug-likeness (QED) is 0.0424. The molecule has 0 amide bonds. The van der Waals surface area contributed by atoms with Crippen LogP contribution in [0, 0.1) is 60.6 Å². The van der Waals surface area contributed by atoms with Crippen molar-refractivity contribution < 1.29 is 118 Å². The van der Waals surface area contributed by atoms with Crippen LogP contribution in [-0.2, 0) is 68.2 Å². The zero-order valence-corrected chi connectivity index (χ0v) is 73.3. The van der Waals surface area contributed by atoms with Crippen LogP contribution in [0.5, 0.6) is 63.2 Å². The predicted molar refractivity (Wildman–Crippen MR) is 452 cm³/mol. The van der Waals surface area contributed by atoms with E-state index in [1.807, 2.05) is 24.3 Å². The van der Waals surface area contributed by atoms with E-state index in [0.29, 0.717) is 63.4 Å². The Kier molecular flexibility index (Phi) is 34.1. The molecule has 0 saturated heterocycles. The van der Waals surface area contributed by atoms with Crippen LogP contribution in [0.2, 0.25) is 0 Å². The van der Waals surface area contributed by atoms with Gasteiger partial charge in [-0.2, -0.15) is 72.8 Å². The number of hydrogen-bond donors (Lipinski definition) is 3. The van der Waals surface area contributed by atoms with Crippen LogP contribution in [-0.4, -0.2) is 110 Å². The lowest BCUT2D eigenvalue weighted by Crippen LogP contribution is -2.31. The van der Waals surface area contributed by atoms with Crippen molar-refractivity contribution in [2.75, 3.05) is 61.3 Å². The number of ether oxygens (including phenoxy) is 8. The van der Waals surface area contributed by atoms with Gasteiger partial charge in [-0.25, -0.2) is 58.2 Å². The summed E-state index contributed by atoms with van der Waals surface area (Å²) in [5.41, 5.74) is -0.334. The van der Waals surface area contributed by atoms with Gasteiger partial charge in [0.15, 0.2) is 0 Å². The van der Waals surface area contributed by atoms with Crippen LogP contribution in [0.3, 0.4) is 0 Å². The number of aryl methyl sites for hydroxylation is 3. The Morgan fingerprint density at radius 3 is 1.29 bits per heavy atom. The first-order chi connectivity index (χ1) is 60.2.